The van der Waals surface area contributed by atoms with Gasteiger partial charge in [-0.2, -0.15) is 0 Å². The molecular weight excluding hydrogens is 254 g/mol. The minimum Gasteiger partial charge on any atom is -0.625 e. The predicted octanol–water partition coefficient (Wildman–Crippen LogP) is -2.43. The van der Waals surface area contributed by atoms with Crippen LogP contribution in [0.25, 0.3) is 0 Å². The number of hydrogen-bond donors (Lipinski definition) is 0. The van der Waals surface area contributed by atoms with Gasteiger partial charge in [0.1, 0.15) is 0 Å². The van der Waals surface area contributed by atoms with E-state index in [-0.39, 0.29) is 70.6 Å². The molecule has 0 aliphatic rings. The van der Waals surface area contributed by atoms with E-state index in [0.717, 1.165) is 0 Å². The predicted molar refractivity (Wildman–Crippen MR) is 56.3 cm³/mol. The Morgan fingerprint density at radius 3 is 1.18 bits per heavy atom. The Bertz CT molecular complexity index is 227. The smallest absolute Gasteiger partial charge is 0.625 e. The Kier molecular flexibility index (Phi) is 12.8. The average Bonchev–Trinajstić information content (AvgIpc) is 2.28. The average molecular weight is 270 g/mol. The Morgan fingerprint density at radius 1 is 0.765 bits per heavy atom. The van der Waals surface area contributed by atoms with E-state index >= 15 is 0 Å². The third-order valence-corrected chi connectivity index (χ3v) is 1.70. The first kappa shape index (κ1) is 19.5. The van der Waals surface area contributed by atoms with Crippen molar-refractivity contribution in [2.24, 2.45) is 0 Å². The van der Waals surface area contributed by atoms with Crippen LogP contribution in [0.5, 0.6) is 0 Å². The Morgan fingerprint density at radius 2 is 1.00 bits per heavy atom. The van der Waals surface area contributed by atoms with Gasteiger partial charge in [-0.3, -0.25) is 14.4 Å². The van der Waals surface area contributed by atoms with E-state index < -0.39 is 25.2 Å². The van der Waals surface area contributed by atoms with Crippen LogP contribution in [0.15, 0.2) is 0 Å². The van der Waals surface area contributed by atoms with Crippen molar-refractivity contribution in [1.29, 1.82) is 0 Å². The molecule has 0 unspecified atom stereocenters. The largest absolute Gasteiger partial charge is 1.00 e. The molecule has 0 aromatic heterocycles. The summed E-state index contributed by atoms with van der Waals surface area (Å²) in [6, 6.07) is 0. The van der Waals surface area contributed by atoms with Crippen LogP contribution in [0.3, 0.4) is 0 Å². The molecular formula is C9H16BKO6. The fraction of sp³-hybridized carbons (Fsp3) is 0.667. The van der Waals surface area contributed by atoms with Crippen molar-refractivity contribution in [3.63, 3.8) is 0 Å². The first-order valence-corrected chi connectivity index (χ1v) is 5.27. The van der Waals surface area contributed by atoms with Gasteiger partial charge in [0.05, 0.1) is 0 Å². The maximum atomic E-state index is 11.0. The summed E-state index contributed by atoms with van der Waals surface area (Å²) in [4.78, 5) is 32.9. The number of carbonyl (C=O) groups is 3. The van der Waals surface area contributed by atoms with E-state index in [0.29, 0.717) is 0 Å². The standard InChI is InChI=1S/C9H16BO6.K/c1-4-7(11)14-10(15-8(12)5-2)16-9(13)6-3;/h10H,4-6H2,1-3H3;/q-1;+1. The zero-order valence-electron chi connectivity index (χ0n) is 10.8. The molecule has 8 heteroatoms. The fourth-order valence-electron chi connectivity index (χ4n) is 0.789. The van der Waals surface area contributed by atoms with Crippen LogP contribution in [0.2, 0.25) is 0 Å². The Labute approximate surface area is 143 Å². The fourth-order valence-corrected chi connectivity index (χ4v) is 0.789. The van der Waals surface area contributed by atoms with Crippen molar-refractivity contribution >= 4 is 25.2 Å². The number of carbonyl (C=O) groups excluding carboxylic acids is 3. The van der Waals surface area contributed by atoms with Gasteiger partial charge in [0.15, 0.2) is 0 Å². The molecule has 0 spiro atoms. The molecule has 0 radical (unpaired) electrons. The summed E-state index contributed by atoms with van der Waals surface area (Å²) in [6.45, 7) is 4.76. The Hall–Kier alpha value is 0.111. The van der Waals surface area contributed by atoms with Crippen molar-refractivity contribution < 1.29 is 79.7 Å². The molecule has 0 saturated heterocycles. The van der Waals surface area contributed by atoms with Crippen molar-refractivity contribution in [3.8, 4) is 0 Å². The van der Waals surface area contributed by atoms with Gasteiger partial charge in [-0.15, -0.1) is 0 Å². The van der Waals surface area contributed by atoms with E-state index in [1.165, 1.54) is 0 Å². The Balaban J connectivity index is 0. The molecule has 0 aromatic rings. The van der Waals surface area contributed by atoms with E-state index in [1.54, 1.807) is 20.8 Å². The molecule has 0 rings (SSSR count). The van der Waals surface area contributed by atoms with Crippen LogP contribution in [-0.2, 0) is 28.3 Å². The summed E-state index contributed by atoms with van der Waals surface area (Å²) in [5, 5.41) is 0. The quantitative estimate of drug-likeness (QED) is 0.499. The van der Waals surface area contributed by atoms with Gasteiger partial charge in [0, 0.05) is 19.3 Å². The van der Waals surface area contributed by atoms with Crippen molar-refractivity contribution in [2.45, 2.75) is 40.0 Å². The van der Waals surface area contributed by atoms with E-state index in [9.17, 15) is 14.4 Å². The monoisotopic (exact) mass is 270 g/mol. The molecule has 0 bridgehead atoms. The number of rotatable bonds is 6. The SMILES string of the molecule is CCC(=O)O[BH-](OC(=O)CC)OC(=O)CC.[K+]. The van der Waals surface area contributed by atoms with Gasteiger partial charge in [0.2, 0.25) is 0 Å². The maximum Gasteiger partial charge on any atom is 1.00 e. The van der Waals surface area contributed by atoms with E-state index in [1.807, 2.05) is 0 Å². The number of hydrogen-bond acceptors (Lipinski definition) is 6. The summed E-state index contributed by atoms with van der Waals surface area (Å²) in [5.41, 5.74) is 0. The van der Waals surface area contributed by atoms with Crippen LogP contribution < -0.4 is 51.4 Å². The minimum atomic E-state index is -2.44. The normalized spacial score (nSPS) is 9.18. The first-order valence-electron chi connectivity index (χ1n) is 5.27. The van der Waals surface area contributed by atoms with Crippen LogP contribution in [0, 0.1) is 0 Å². The van der Waals surface area contributed by atoms with Gasteiger partial charge in [0.25, 0.3) is 17.9 Å². The summed E-state index contributed by atoms with van der Waals surface area (Å²) in [5.74, 6) is -1.73. The second kappa shape index (κ2) is 11.2. The van der Waals surface area contributed by atoms with Gasteiger partial charge in [-0.1, -0.05) is 20.8 Å². The van der Waals surface area contributed by atoms with Gasteiger partial charge in [-0.25, -0.2) is 0 Å². The maximum absolute atomic E-state index is 11.0. The molecule has 0 aliphatic heterocycles. The van der Waals surface area contributed by atoms with E-state index in [2.05, 4.69) is 0 Å². The molecule has 0 heterocycles. The summed E-state index contributed by atoms with van der Waals surface area (Å²) in [6.07, 6.45) is 0.366. The van der Waals surface area contributed by atoms with Crippen molar-refractivity contribution in [1.82, 2.24) is 0 Å². The molecule has 0 amide bonds. The van der Waals surface area contributed by atoms with Crippen LogP contribution in [0.4, 0.5) is 0 Å². The molecule has 0 aliphatic carbocycles. The molecule has 17 heavy (non-hydrogen) atoms. The van der Waals surface area contributed by atoms with Gasteiger partial charge < -0.3 is 14.0 Å². The molecule has 0 aromatic carbocycles. The molecule has 0 atom stereocenters. The van der Waals surface area contributed by atoms with Crippen LogP contribution >= 0.6 is 0 Å². The zero-order chi connectivity index (χ0) is 12.6. The molecule has 0 fully saturated rings. The zero-order valence-corrected chi connectivity index (χ0v) is 13.9. The minimum absolute atomic E-state index is 0. The van der Waals surface area contributed by atoms with Gasteiger partial charge >= 0.3 is 58.7 Å². The van der Waals surface area contributed by atoms with E-state index in [4.69, 9.17) is 14.0 Å². The molecule has 92 valence electrons. The second-order valence-corrected chi connectivity index (χ2v) is 2.96. The molecule has 0 saturated carbocycles. The summed E-state index contributed by atoms with van der Waals surface area (Å²) >= 11 is 0. The van der Waals surface area contributed by atoms with Crippen LogP contribution in [-0.4, -0.2) is 25.2 Å². The van der Waals surface area contributed by atoms with Crippen LogP contribution in [0.1, 0.15) is 40.0 Å². The van der Waals surface area contributed by atoms with Gasteiger partial charge in [-0.05, 0) is 0 Å². The third-order valence-electron chi connectivity index (χ3n) is 1.70. The summed E-state index contributed by atoms with van der Waals surface area (Å²) < 4.78 is 14.1. The summed E-state index contributed by atoms with van der Waals surface area (Å²) in [7, 11) is -2.44. The molecule has 0 N–H and O–H groups in total. The van der Waals surface area contributed by atoms with Crippen molar-refractivity contribution in [2.75, 3.05) is 0 Å². The first-order chi connectivity index (χ1) is 7.53. The topological polar surface area (TPSA) is 78.9 Å². The molecule has 6 nitrogen and oxygen atoms in total. The van der Waals surface area contributed by atoms with Crippen molar-refractivity contribution in [3.05, 3.63) is 0 Å². The third kappa shape index (κ3) is 9.78. The second-order valence-electron chi connectivity index (χ2n) is 2.96.